The Hall–Kier alpha value is 0.170. The SMILES string of the molecule is Cl.NCCc1ccc(Br)c(F)c1Cl. The number of nitrogens with two attached hydrogens (primary N) is 1. The third kappa shape index (κ3) is 3.09. The summed E-state index contributed by atoms with van der Waals surface area (Å²) in [4.78, 5) is 0. The Labute approximate surface area is 96.0 Å². The molecule has 0 amide bonds. The molecule has 0 aromatic heterocycles. The second-order valence-corrected chi connectivity index (χ2v) is 3.61. The summed E-state index contributed by atoms with van der Waals surface area (Å²) in [5.74, 6) is -0.414. The molecule has 0 spiro atoms. The highest BCUT2D eigenvalue weighted by Crippen LogP contribution is 2.26. The van der Waals surface area contributed by atoms with Crippen molar-refractivity contribution in [3.05, 3.63) is 33.0 Å². The van der Waals surface area contributed by atoms with Crippen LogP contribution in [0.2, 0.25) is 5.02 Å². The molecule has 0 heterocycles. The van der Waals surface area contributed by atoms with Gasteiger partial charge in [-0.3, -0.25) is 0 Å². The monoisotopic (exact) mass is 287 g/mol. The molecule has 74 valence electrons. The van der Waals surface area contributed by atoms with Crippen LogP contribution in [-0.4, -0.2) is 6.54 Å². The van der Waals surface area contributed by atoms with Crippen molar-refractivity contribution in [2.45, 2.75) is 6.42 Å². The van der Waals surface area contributed by atoms with Crippen molar-refractivity contribution >= 4 is 39.9 Å². The highest BCUT2D eigenvalue weighted by atomic mass is 79.9. The predicted octanol–water partition coefficient (Wildman–Crippen LogP) is 3.16. The van der Waals surface area contributed by atoms with Gasteiger partial charge in [0, 0.05) is 0 Å². The maximum atomic E-state index is 13.1. The topological polar surface area (TPSA) is 26.0 Å². The molecule has 1 aromatic rings. The predicted molar refractivity (Wildman–Crippen MR) is 59.1 cm³/mol. The van der Waals surface area contributed by atoms with Gasteiger partial charge < -0.3 is 5.73 Å². The second kappa shape index (κ2) is 5.81. The molecule has 0 aliphatic carbocycles. The molecule has 0 aliphatic rings. The molecule has 5 heteroatoms. The first kappa shape index (κ1) is 13.2. The number of rotatable bonds is 2. The first-order valence-electron chi connectivity index (χ1n) is 3.49. The van der Waals surface area contributed by atoms with Gasteiger partial charge in [0.15, 0.2) is 5.82 Å². The summed E-state index contributed by atoms with van der Waals surface area (Å²) in [6.07, 6.45) is 0.600. The number of benzene rings is 1. The summed E-state index contributed by atoms with van der Waals surface area (Å²) in [6.45, 7) is 0.473. The summed E-state index contributed by atoms with van der Waals surface area (Å²) >= 11 is 8.76. The lowest BCUT2D eigenvalue weighted by atomic mass is 10.1. The summed E-state index contributed by atoms with van der Waals surface area (Å²) in [6, 6.07) is 3.40. The maximum absolute atomic E-state index is 13.1. The Morgan fingerprint density at radius 2 is 2.08 bits per heavy atom. The number of hydrogen-bond acceptors (Lipinski definition) is 1. The maximum Gasteiger partial charge on any atom is 0.156 e. The van der Waals surface area contributed by atoms with Gasteiger partial charge >= 0.3 is 0 Å². The minimum Gasteiger partial charge on any atom is -0.330 e. The van der Waals surface area contributed by atoms with E-state index in [1.807, 2.05) is 0 Å². The normalized spacial score (nSPS) is 9.54. The Balaban J connectivity index is 0.00000144. The lowest BCUT2D eigenvalue weighted by Gasteiger charge is -2.04. The molecule has 0 aliphatic heterocycles. The van der Waals surface area contributed by atoms with Crippen molar-refractivity contribution < 1.29 is 4.39 Å². The fourth-order valence-electron chi connectivity index (χ4n) is 0.914. The van der Waals surface area contributed by atoms with E-state index < -0.39 is 5.82 Å². The van der Waals surface area contributed by atoms with E-state index in [-0.39, 0.29) is 17.4 Å². The molecule has 13 heavy (non-hydrogen) atoms. The third-order valence-electron chi connectivity index (χ3n) is 1.53. The standard InChI is InChI=1S/C8H8BrClFN.ClH/c9-6-2-1-5(3-4-12)7(10)8(6)11;/h1-2H,3-4,12H2;1H. The Morgan fingerprint density at radius 1 is 1.46 bits per heavy atom. The largest absolute Gasteiger partial charge is 0.330 e. The van der Waals surface area contributed by atoms with Crippen LogP contribution in [0.3, 0.4) is 0 Å². The molecule has 1 aromatic carbocycles. The van der Waals surface area contributed by atoms with E-state index in [0.29, 0.717) is 17.4 Å². The van der Waals surface area contributed by atoms with Gasteiger partial charge in [-0.05, 0) is 40.5 Å². The molecular formula is C8H9BrCl2FN. The minimum absolute atomic E-state index is 0. The molecule has 0 saturated carbocycles. The van der Waals surface area contributed by atoms with Crippen LogP contribution in [0.4, 0.5) is 4.39 Å². The molecule has 0 radical (unpaired) electrons. The zero-order valence-electron chi connectivity index (χ0n) is 6.69. The Morgan fingerprint density at radius 3 is 2.62 bits per heavy atom. The molecule has 0 fully saturated rings. The van der Waals surface area contributed by atoms with Crippen LogP contribution in [-0.2, 0) is 6.42 Å². The summed E-state index contributed by atoms with van der Waals surface area (Å²) in [5.41, 5.74) is 6.07. The van der Waals surface area contributed by atoms with Gasteiger partial charge in [0.05, 0.1) is 9.50 Å². The van der Waals surface area contributed by atoms with Crippen LogP contribution in [0.1, 0.15) is 5.56 Å². The van der Waals surface area contributed by atoms with E-state index in [4.69, 9.17) is 17.3 Å². The highest BCUT2D eigenvalue weighted by Gasteiger charge is 2.08. The molecule has 0 unspecified atom stereocenters. The third-order valence-corrected chi connectivity index (χ3v) is 2.55. The molecular weight excluding hydrogens is 280 g/mol. The van der Waals surface area contributed by atoms with Crippen LogP contribution in [0.5, 0.6) is 0 Å². The lowest BCUT2D eigenvalue weighted by Crippen LogP contribution is -2.03. The summed E-state index contributed by atoms with van der Waals surface area (Å²) < 4.78 is 13.5. The average Bonchev–Trinajstić information content (AvgIpc) is 2.07. The van der Waals surface area contributed by atoms with Crippen molar-refractivity contribution in [2.75, 3.05) is 6.54 Å². The quantitative estimate of drug-likeness (QED) is 0.831. The fraction of sp³-hybridized carbons (Fsp3) is 0.250. The smallest absolute Gasteiger partial charge is 0.156 e. The first-order valence-corrected chi connectivity index (χ1v) is 4.66. The zero-order chi connectivity index (χ0) is 9.14. The summed E-state index contributed by atoms with van der Waals surface area (Å²) in [5, 5.41) is 0.162. The molecule has 0 saturated heterocycles. The van der Waals surface area contributed by atoms with Gasteiger partial charge in [0.1, 0.15) is 0 Å². The van der Waals surface area contributed by atoms with Crippen LogP contribution in [0.25, 0.3) is 0 Å². The van der Waals surface area contributed by atoms with E-state index in [1.165, 1.54) is 0 Å². The van der Waals surface area contributed by atoms with Crippen molar-refractivity contribution in [1.29, 1.82) is 0 Å². The molecule has 0 bridgehead atoms. The van der Waals surface area contributed by atoms with Gasteiger partial charge in [-0.25, -0.2) is 4.39 Å². The second-order valence-electron chi connectivity index (χ2n) is 2.37. The Bertz CT molecular complexity index is 294. The van der Waals surface area contributed by atoms with Crippen molar-refractivity contribution in [3.8, 4) is 0 Å². The van der Waals surface area contributed by atoms with Crippen molar-refractivity contribution in [2.24, 2.45) is 5.73 Å². The average molecular weight is 289 g/mol. The molecule has 1 nitrogen and oxygen atoms in total. The van der Waals surface area contributed by atoms with E-state index in [2.05, 4.69) is 15.9 Å². The van der Waals surface area contributed by atoms with E-state index >= 15 is 0 Å². The Kier molecular flexibility index (Phi) is 5.88. The fourth-order valence-corrected chi connectivity index (χ4v) is 1.62. The van der Waals surface area contributed by atoms with Crippen LogP contribution < -0.4 is 5.73 Å². The highest BCUT2D eigenvalue weighted by molar-refractivity contribution is 9.10. The van der Waals surface area contributed by atoms with E-state index in [9.17, 15) is 4.39 Å². The number of hydrogen-bond donors (Lipinski definition) is 1. The summed E-state index contributed by atoms with van der Waals surface area (Å²) in [7, 11) is 0. The zero-order valence-corrected chi connectivity index (χ0v) is 9.85. The molecule has 1 rings (SSSR count). The minimum atomic E-state index is -0.414. The molecule has 2 N–H and O–H groups in total. The van der Waals surface area contributed by atoms with Crippen molar-refractivity contribution in [3.63, 3.8) is 0 Å². The van der Waals surface area contributed by atoms with Gasteiger partial charge in [-0.15, -0.1) is 12.4 Å². The van der Waals surface area contributed by atoms with Gasteiger partial charge in [-0.1, -0.05) is 17.7 Å². The van der Waals surface area contributed by atoms with Crippen LogP contribution >= 0.6 is 39.9 Å². The van der Waals surface area contributed by atoms with E-state index in [1.54, 1.807) is 12.1 Å². The van der Waals surface area contributed by atoms with Gasteiger partial charge in [0.2, 0.25) is 0 Å². The number of halogens is 4. The van der Waals surface area contributed by atoms with Gasteiger partial charge in [-0.2, -0.15) is 0 Å². The lowest BCUT2D eigenvalue weighted by molar-refractivity contribution is 0.619. The van der Waals surface area contributed by atoms with E-state index in [0.717, 1.165) is 5.56 Å². The van der Waals surface area contributed by atoms with Crippen LogP contribution in [0, 0.1) is 5.82 Å². The molecule has 0 atom stereocenters. The van der Waals surface area contributed by atoms with Gasteiger partial charge in [0.25, 0.3) is 0 Å². The van der Waals surface area contributed by atoms with Crippen LogP contribution in [0.15, 0.2) is 16.6 Å². The van der Waals surface area contributed by atoms with Crippen molar-refractivity contribution in [1.82, 2.24) is 0 Å². The first-order chi connectivity index (χ1) is 5.66.